The maximum atomic E-state index is 13.2. The number of amides is 2. The summed E-state index contributed by atoms with van der Waals surface area (Å²) in [6.07, 6.45) is 8.62. The monoisotopic (exact) mass is 541 g/mol. The van der Waals surface area contributed by atoms with Crippen LogP contribution in [0.5, 0.6) is 0 Å². The molecule has 0 aromatic carbocycles. The quantitative estimate of drug-likeness (QED) is 0.156. The van der Waals surface area contributed by atoms with Crippen LogP contribution in [0.3, 0.4) is 0 Å². The smallest absolute Gasteiger partial charge is 0.236 e. The van der Waals surface area contributed by atoms with Gasteiger partial charge in [-0.05, 0) is 66.7 Å². The molecule has 37 heavy (non-hydrogen) atoms. The number of rotatable bonds is 22. The van der Waals surface area contributed by atoms with Crippen molar-refractivity contribution >= 4 is 36.1 Å². The average molecular weight is 542 g/mol. The van der Waals surface area contributed by atoms with E-state index in [1.807, 2.05) is 13.8 Å². The summed E-state index contributed by atoms with van der Waals surface area (Å²) in [6.45, 7) is 14.3. The van der Waals surface area contributed by atoms with E-state index >= 15 is 0 Å². The molecule has 0 saturated carbocycles. The molecule has 2 N–H and O–H groups in total. The maximum Gasteiger partial charge on any atom is 0.236 e. The Balaban J connectivity index is 4.74. The molecule has 1 unspecified atom stereocenters. The Labute approximate surface area is 229 Å². The molecule has 9 heteroatoms. The van der Waals surface area contributed by atoms with Gasteiger partial charge in [0, 0.05) is 63.0 Å². The third-order valence-corrected chi connectivity index (χ3v) is 7.59. The van der Waals surface area contributed by atoms with Gasteiger partial charge in [0.15, 0.2) is 0 Å². The van der Waals surface area contributed by atoms with E-state index in [1.54, 1.807) is 11.9 Å². The molecule has 0 saturated heterocycles. The van der Waals surface area contributed by atoms with Crippen LogP contribution in [0.15, 0.2) is 11.8 Å². The van der Waals surface area contributed by atoms with Gasteiger partial charge < -0.3 is 29.9 Å². The molecule has 0 aromatic rings. The van der Waals surface area contributed by atoms with Gasteiger partial charge in [0.2, 0.25) is 11.8 Å². The van der Waals surface area contributed by atoms with Crippen molar-refractivity contribution in [3.8, 4) is 0 Å². The van der Waals surface area contributed by atoms with Crippen molar-refractivity contribution in [2.75, 3.05) is 32.5 Å². The van der Waals surface area contributed by atoms with Gasteiger partial charge in [-0.15, -0.1) is 11.8 Å². The van der Waals surface area contributed by atoms with Gasteiger partial charge in [0.25, 0.3) is 0 Å². The van der Waals surface area contributed by atoms with Crippen LogP contribution < -0.4 is 10.6 Å². The summed E-state index contributed by atoms with van der Waals surface area (Å²) in [5.41, 5.74) is 0.524. The molecule has 0 aromatic heterocycles. The summed E-state index contributed by atoms with van der Waals surface area (Å²) in [5, 5.41) is 5.72. The third kappa shape index (κ3) is 15.9. The number of carbonyl (C=O) groups excluding carboxylic acids is 4. The second kappa shape index (κ2) is 19.2. The minimum atomic E-state index is -0.499. The number of nitrogens with one attached hydrogen (secondary N) is 2. The SMILES string of the molecule is CC/C=C(\CCC(C)(C)OCCC(C)(C)N(C)C(=O)C(CC=O)SCCNC(=O)CCCC=O)NCC. The molecule has 8 nitrogen and oxygen atoms in total. The third-order valence-electron chi connectivity index (χ3n) is 6.35. The topological polar surface area (TPSA) is 105 Å². The number of carbonyl (C=O) groups is 4. The Bertz CT molecular complexity index is 725. The van der Waals surface area contributed by atoms with Crippen molar-refractivity contribution < 1.29 is 23.9 Å². The molecular weight excluding hydrogens is 490 g/mol. The van der Waals surface area contributed by atoms with Gasteiger partial charge in [0.05, 0.1) is 10.9 Å². The number of hydrogen-bond donors (Lipinski definition) is 2. The van der Waals surface area contributed by atoms with E-state index in [4.69, 9.17) is 4.74 Å². The molecule has 0 aliphatic heterocycles. The van der Waals surface area contributed by atoms with Crippen molar-refractivity contribution in [3.63, 3.8) is 0 Å². The molecule has 0 aliphatic carbocycles. The van der Waals surface area contributed by atoms with Crippen molar-refractivity contribution in [2.45, 2.75) is 109 Å². The fraction of sp³-hybridized carbons (Fsp3) is 0.786. The van der Waals surface area contributed by atoms with Crippen molar-refractivity contribution in [2.24, 2.45) is 0 Å². The Hall–Kier alpha value is -1.87. The highest BCUT2D eigenvalue weighted by Crippen LogP contribution is 2.26. The van der Waals surface area contributed by atoms with Crippen LogP contribution in [-0.4, -0.2) is 78.2 Å². The number of thioether (sulfide) groups is 1. The predicted molar refractivity (Wildman–Crippen MR) is 153 cm³/mol. The molecular formula is C28H51N3O5S. The van der Waals surface area contributed by atoms with E-state index < -0.39 is 10.8 Å². The number of unbranched alkanes of at least 4 members (excludes halogenated alkanes) is 1. The van der Waals surface area contributed by atoms with Crippen molar-refractivity contribution in [3.05, 3.63) is 11.8 Å². The summed E-state index contributed by atoms with van der Waals surface area (Å²) in [6, 6.07) is 0. The van der Waals surface area contributed by atoms with Gasteiger partial charge in [-0.25, -0.2) is 0 Å². The lowest BCUT2D eigenvalue weighted by atomic mass is 9.97. The van der Waals surface area contributed by atoms with E-state index in [2.05, 4.69) is 44.4 Å². The lowest BCUT2D eigenvalue weighted by molar-refractivity contribution is -0.136. The molecule has 0 aliphatic rings. The first kappa shape index (κ1) is 35.1. The Morgan fingerprint density at radius 3 is 2.32 bits per heavy atom. The minimum Gasteiger partial charge on any atom is -0.389 e. The van der Waals surface area contributed by atoms with Crippen molar-refractivity contribution in [1.29, 1.82) is 0 Å². The van der Waals surface area contributed by atoms with Crippen LogP contribution in [0.4, 0.5) is 0 Å². The van der Waals surface area contributed by atoms with E-state index in [1.165, 1.54) is 17.5 Å². The van der Waals surface area contributed by atoms with Crippen LogP contribution in [0.25, 0.3) is 0 Å². The zero-order chi connectivity index (χ0) is 28.3. The molecule has 0 rings (SSSR count). The van der Waals surface area contributed by atoms with Gasteiger partial charge in [-0.2, -0.15) is 0 Å². The fourth-order valence-corrected chi connectivity index (χ4v) is 4.68. The normalized spacial score (nSPS) is 13.1. The standard InChI is InChI=1S/C28H51N3O5S/c1-8-12-23(29-9-2)14-16-28(5,6)36-21-17-27(3,4)31(7)26(35)24(15-20-33)37-22-18-30-25(34)13-10-11-19-32/h12,19-20,24,29H,8-11,13-18,21-22H2,1-7H3,(H,30,34)/b23-12+. The van der Waals surface area contributed by atoms with Crippen LogP contribution >= 0.6 is 11.8 Å². The van der Waals surface area contributed by atoms with E-state index in [0.29, 0.717) is 44.6 Å². The van der Waals surface area contributed by atoms with Crippen LogP contribution in [0.1, 0.15) is 92.9 Å². The van der Waals surface area contributed by atoms with Crippen LogP contribution in [0, 0.1) is 0 Å². The number of aldehydes is 2. The van der Waals surface area contributed by atoms with Crippen LogP contribution in [-0.2, 0) is 23.9 Å². The summed E-state index contributed by atoms with van der Waals surface area (Å²) in [5.74, 6) is 0.316. The first-order valence-corrected chi connectivity index (χ1v) is 14.6. The summed E-state index contributed by atoms with van der Waals surface area (Å²) in [4.78, 5) is 48.3. The highest BCUT2D eigenvalue weighted by molar-refractivity contribution is 8.00. The Morgan fingerprint density at radius 1 is 1.03 bits per heavy atom. The molecule has 0 spiro atoms. The number of ether oxygens (including phenoxy) is 1. The second-order valence-electron chi connectivity index (χ2n) is 10.4. The lowest BCUT2D eigenvalue weighted by Crippen LogP contribution is -2.49. The van der Waals surface area contributed by atoms with E-state index in [9.17, 15) is 19.2 Å². The first-order chi connectivity index (χ1) is 17.4. The predicted octanol–water partition coefficient (Wildman–Crippen LogP) is 4.27. The summed E-state index contributed by atoms with van der Waals surface area (Å²) < 4.78 is 6.23. The zero-order valence-corrected chi connectivity index (χ0v) is 25.0. The Morgan fingerprint density at radius 2 is 1.73 bits per heavy atom. The fourth-order valence-electron chi connectivity index (χ4n) is 3.66. The molecule has 0 heterocycles. The summed E-state index contributed by atoms with van der Waals surface area (Å²) >= 11 is 1.38. The molecule has 214 valence electrons. The highest BCUT2D eigenvalue weighted by atomic mass is 32.2. The van der Waals surface area contributed by atoms with Crippen molar-refractivity contribution in [1.82, 2.24) is 15.5 Å². The molecule has 0 bridgehead atoms. The highest BCUT2D eigenvalue weighted by Gasteiger charge is 2.32. The minimum absolute atomic E-state index is 0.0985. The lowest BCUT2D eigenvalue weighted by Gasteiger charge is -2.38. The first-order valence-electron chi connectivity index (χ1n) is 13.5. The average Bonchev–Trinajstić information content (AvgIpc) is 2.83. The van der Waals surface area contributed by atoms with E-state index in [0.717, 1.165) is 38.4 Å². The Kier molecular flexibility index (Phi) is 18.3. The van der Waals surface area contributed by atoms with E-state index in [-0.39, 0.29) is 23.8 Å². The van der Waals surface area contributed by atoms with Gasteiger partial charge in [0.1, 0.15) is 12.6 Å². The molecule has 0 radical (unpaired) electrons. The zero-order valence-electron chi connectivity index (χ0n) is 24.2. The van der Waals surface area contributed by atoms with Gasteiger partial charge >= 0.3 is 0 Å². The number of allylic oxidation sites excluding steroid dienone is 2. The van der Waals surface area contributed by atoms with Gasteiger partial charge in [-0.3, -0.25) is 9.59 Å². The second-order valence-corrected chi connectivity index (χ2v) is 11.7. The summed E-state index contributed by atoms with van der Waals surface area (Å²) in [7, 11) is 1.78. The molecule has 2 amide bonds. The van der Waals surface area contributed by atoms with Gasteiger partial charge in [-0.1, -0.05) is 13.0 Å². The maximum absolute atomic E-state index is 13.2. The molecule has 1 atom stereocenters. The molecule has 0 fully saturated rings. The van der Waals surface area contributed by atoms with Crippen LogP contribution in [0.2, 0.25) is 0 Å². The number of nitrogens with zero attached hydrogens (tertiary/aromatic N) is 1. The number of hydrogen-bond acceptors (Lipinski definition) is 7. The largest absolute Gasteiger partial charge is 0.389 e.